The summed E-state index contributed by atoms with van der Waals surface area (Å²) in [5.41, 5.74) is 4.38. The number of amides is 3. The third kappa shape index (κ3) is 8.56. The van der Waals surface area contributed by atoms with Gasteiger partial charge in [0.05, 0.1) is 40.6 Å². The number of ether oxygens (including phenoxy) is 3. The van der Waals surface area contributed by atoms with Crippen LogP contribution < -0.4 is 10.6 Å². The zero-order chi connectivity index (χ0) is 30.9. The number of methoxy groups -OCH3 is 2. The molecule has 232 valence electrons. The standard InChI is InChI=1S/C32H36FN5O5S/c1-41-12-11-38(30(39)20-43-14-13-42-2)19-21-3-8-27(35-18-21)29-17-28-31(44-29)23(9-10-34-28)15-22-4-5-25(16-26(22)33)37-32(40)36-24-6-7-24/h3-5,8-10,16-18,24H,6-7,11-15,19-20H2,1-2H3,(H2,36,37,40). The molecule has 0 aliphatic heterocycles. The lowest BCUT2D eigenvalue weighted by atomic mass is 10.0. The molecule has 0 bridgehead atoms. The Labute approximate surface area is 259 Å². The number of aromatic nitrogens is 2. The van der Waals surface area contributed by atoms with Crippen LogP contribution in [0.2, 0.25) is 0 Å². The summed E-state index contributed by atoms with van der Waals surface area (Å²) in [4.78, 5) is 36.6. The van der Waals surface area contributed by atoms with Crippen molar-refractivity contribution in [1.29, 1.82) is 0 Å². The van der Waals surface area contributed by atoms with Crippen molar-refractivity contribution >= 4 is 39.2 Å². The molecular formula is C32H36FN5O5S. The molecule has 44 heavy (non-hydrogen) atoms. The summed E-state index contributed by atoms with van der Waals surface area (Å²) in [7, 11) is 3.18. The van der Waals surface area contributed by atoms with Gasteiger partial charge >= 0.3 is 6.03 Å². The van der Waals surface area contributed by atoms with E-state index in [2.05, 4.69) is 20.6 Å². The number of hydrogen-bond acceptors (Lipinski definition) is 8. The van der Waals surface area contributed by atoms with Crippen LogP contribution in [0, 0.1) is 5.82 Å². The molecule has 0 atom stereocenters. The highest BCUT2D eigenvalue weighted by atomic mass is 32.1. The smallest absolute Gasteiger partial charge is 0.319 e. The lowest BCUT2D eigenvalue weighted by molar-refractivity contribution is -0.137. The number of nitrogens with one attached hydrogen (secondary N) is 2. The first-order valence-corrected chi connectivity index (χ1v) is 15.3. The van der Waals surface area contributed by atoms with Crippen LogP contribution >= 0.6 is 11.3 Å². The van der Waals surface area contributed by atoms with Gasteiger partial charge in [0, 0.05) is 57.9 Å². The largest absolute Gasteiger partial charge is 0.383 e. The normalized spacial score (nSPS) is 12.8. The number of anilines is 1. The number of urea groups is 1. The lowest BCUT2D eigenvalue weighted by Crippen LogP contribution is -2.36. The fourth-order valence-electron chi connectivity index (χ4n) is 4.58. The first-order chi connectivity index (χ1) is 21.4. The molecule has 2 N–H and O–H groups in total. The molecule has 5 rings (SSSR count). The van der Waals surface area contributed by atoms with Crippen molar-refractivity contribution in [2.45, 2.75) is 31.8 Å². The molecule has 1 aliphatic rings. The fraction of sp³-hybridized carbons (Fsp3) is 0.375. The number of pyridine rings is 2. The van der Waals surface area contributed by atoms with E-state index in [0.29, 0.717) is 50.6 Å². The highest BCUT2D eigenvalue weighted by molar-refractivity contribution is 7.22. The first-order valence-electron chi connectivity index (χ1n) is 14.5. The summed E-state index contributed by atoms with van der Waals surface area (Å²) in [5.74, 6) is -0.514. The molecule has 0 unspecified atom stereocenters. The lowest BCUT2D eigenvalue weighted by Gasteiger charge is -2.22. The average Bonchev–Trinajstić information content (AvgIpc) is 3.72. The van der Waals surface area contributed by atoms with Gasteiger partial charge in [0.1, 0.15) is 12.4 Å². The predicted molar refractivity (Wildman–Crippen MR) is 167 cm³/mol. The summed E-state index contributed by atoms with van der Waals surface area (Å²) < 4.78 is 31.6. The van der Waals surface area contributed by atoms with Crippen molar-refractivity contribution in [3.63, 3.8) is 0 Å². The quantitative estimate of drug-likeness (QED) is 0.179. The Hall–Kier alpha value is -3.97. The van der Waals surface area contributed by atoms with E-state index in [1.54, 1.807) is 55.0 Å². The van der Waals surface area contributed by atoms with Gasteiger partial charge in [-0.15, -0.1) is 11.3 Å². The van der Waals surface area contributed by atoms with Gasteiger partial charge in [-0.05, 0) is 59.9 Å². The summed E-state index contributed by atoms with van der Waals surface area (Å²) in [5, 5.41) is 5.53. The zero-order valence-corrected chi connectivity index (χ0v) is 25.6. The van der Waals surface area contributed by atoms with E-state index in [9.17, 15) is 9.59 Å². The van der Waals surface area contributed by atoms with Gasteiger partial charge in [0.25, 0.3) is 0 Å². The maximum absolute atomic E-state index is 15.0. The number of thiophene rings is 1. The monoisotopic (exact) mass is 621 g/mol. The second-order valence-corrected chi connectivity index (χ2v) is 11.6. The molecule has 1 saturated carbocycles. The van der Waals surface area contributed by atoms with Crippen LogP contribution in [0.3, 0.4) is 0 Å². The molecule has 4 aromatic rings. The number of benzene rings is 1. The van der Waals surface area contributed by atoms with Gasteiger partial charge in [-0.2, -0.15) is 0 Å². The van der Waals surface area contributed by atoms with E-state index in [4.69, 9.17) is 14.2 Å². The number of carbonyl (C=O) groups is 2. The Morgan fingerprint density at radius 1 is 1.02 bits per heavy atom. The van der Waals surface area contributed by atoms with E-state index in [0.717, 1.165) is 44.8 Å². The molecule has 1 aromatic carbocycles. The van der Waals surface area contributed by atoms with Crippen LogP contribution in [-0.4, -0.2) is 80.0 Å². The fourth-order valence-corrected chi connectivity index (χ4v) is 5.68. The summed E-state index contributed by atoms with van der Waals surface area (Å²) in [6.07, 6.45) is 5.84. The Balaban J connectivity index is 1.25. The minimum atomic E-state index is -0.382. The maximum Gasteiger partial charge on any atom is 0.319 e. The Kier molecular flexibility index (Phi) is 10.8. The number of halogens is 1. The second kappa shape index (κ2) is 15.2. The Bertz CT molecular complexity index is 1580. The van der Waals surface area contributed by atoms with Crippen molar-refractivity contribution in [1.82, 2.24) is 20.2 Å². The number of nitrogens with zero attached hydrogens (tertiary/aromatic N) is 3. The van der Waals surface area contributed by atoms with Gasteiger partial charge < -0.3 is 29.7 Å². The maximum atomic E-state index is 15.0. The third-order valence-electron chi connectivity index (χ3n) is 7.12. The van der Waals surface area contributed by atoms with Gasteiger partial charge in [-0.1, -0.05) is 12.1 Å². The van der Waals surface area contributed by atoms with E-state index in [-0.39, 0.29) is 30.4 Å². The van der Waals surface area contributed by atoms with Gasteiger partial charge in [0.2, 0.25) is 5.91 Å². The molecule has 0 spiro atoms. The number of carbonyl (C=O) groups excluding carboxylic acids is 2. The van der Waals surface area contributed by atoms with Crippen LogP contribution in [0.15, 0.2) is 54.9 Å². The molecular weight excluding hydrogens is 585 g/mol. The van der Waals surface area contributed by atoms with Crippen molar-refractivity contribution in [3.05, 3.63) is 77.4 Å². The van der Waals surface area contributed by atoms with Crippen LogP contribution in [0.5, 0.6) is 0 Å². The molecule has 12 heteroatoms. The molecule has 3 heterocycles. The molecule has 3 amide bonds. The molecule has 0 radical (unpaired) electrons. The Morgan fingerprint density at radius 3 is 2.59 bits per heavy atom. The minimum Gasteiger partial charge on any atom is -0.383 e. The van der Waals surface area contributed by atoms with Crippen molar-refractivity contribution in [3.8, 4) is 10.6 Å². The van der Waals surface area contributed by atoms with Crippen LogP contribution in [0.4, 0.5) is 14.9 Å². The first kappa shape index (κ1) is 31.5. The van der Waals surface area contributed by atoms with Gasteiger partial charge in [-0.25, -0.2) is 9.18 Å². The Morgan fingerprint density at radius 2 is 1.86 bits per heavy atom. The second-order valence-electron chi connectivity index (χ2n) is 10.6. The number of hydrogen-bond donors (Lipinski definition) is 2. The number of rotatable bonds is 15. The summed E-state index contributed by atoms with van der Waals surface area (Å²) in [6, 6.07) is 12.4. The highest BCUT2D eigenvalue weighted by Crippen LogP contribution is 2.35. The predicted octanol–water partition coefficient (Wildman–Crippen LogP) is 5.01. The molecule has 0 saturated heterocycles. The van der Waals surface area contributed by atoms with Crippen molar-refractivity contribution < 1.29 is 28.2 Å². The van der Waals surface area contributed by atoms with Crippen molar-refractivity contribution in [2.75, 3.05) is 52.5 Å². The summed E-state index contributed by atoms with van der Waals surface area (Å²) >= 11 is 1.55. The topological polar surface area (TPSA) is 115 Å². The van der Waals surface area contributed by atoms with Gasteiger partial charge in [-0.3, -0.25) is 14.8 Å². The third-order valence-corrected chi connectivity index (χ3v) is 8.35. The van der Waals surface area contributed by atoms with E-state index < -0.39 is 0 Å². The molecule has 3 aromatic heterocycles. The van der Waals surface area contributed by atoms with Gasteiger partial charge in [0.15, 0.2) is 0 Å². The molecule has 1 aliphatic carbocycles. The average molecular weight is 622 g/mol. The summed E-state index contributed by atoms with van der Waals surface area (Å²) in [6.45, 7) is 1.97. The van der Waals surface area contributed by atoms with E-state index in [1.165, 1.54) is 6.07 Å². The molecule has 10 nitrogen and oxygen atoms in total. The minimum absolute atomic E-state index is 0.0296. The zero-order valence-electron chi connectivity index (χ0n) is 24.8. The van der Waals surface area contributed by atoms with Crippen molar-refractivity contribution in [2.24, 2.45) is 0 Å². The SMILES string of the molecule is COCCOCC(=O)N(CCOC)Cc1ccc(-c2cc3nccc(Cc4ccc(NC(=O)NC5CC5)cc4F)c3s2)nc1. The highest BCUT2D eigenvalue weighted by Gasteiger charge is 2.23. The number of fused-ring (bicyclic) bond motifs is 1. The van der Waals surface area contributed by atoms with Crippen LogP contribution in [0.25, 0.3) is 20.8 Å². The van der Waals surface area contributed by atoms with E-state index in [1.807, 2.05) is 24.3 Å². The van der Waals surface area contributed by atoms with E-state index >= 15 is 4.39 Å². The molecule has 1 fully saturated rings. The van der Waals surface area contributed by atoms with Crippen LogP contribution in [-0.2, 0) is 32.0 Å². The van der Waals surface area contributed by atoms with Crippen LogP contribution in [0.1, 0.15) is 29.5 Å².